The maximum absolute atomic E-state index is 12.7. The minimum Gasteiger partial charge on any atom is -0.493 e. The Balaban J connectivity index is 1.95. The van der Waals surface area contributed by atoms with Crippen LogP contribution >= 0.6 is 0 Å². The van der Waals surface area contributed by atoms with E-state index in [4.69, 9.17) is 14.2 Å². The van der Waals surface area contributed by atoms with Crippen molar-refractivity contribution in [2.75, 3.05) is 20.8 Å². The number of H-pyrrole nitrogens is 1. The van der Waals surface area contributed by atoms with Gasteiger partial charge in [-0.1, -0.05) is 6.07 Å². The second kappa shape index (κ2) is 7.65. The van der Waals surface area contributed by atoms with Crippen LogP contribution in [-0.4, -0.2) is 37.6 Å². The number of carbonyl (C=O) groups is 2. The van der Waals surface area contributed by atoms with Gasteiger partial charge >= 0.3 is 5.97 Å². The summed E-state index contributed by atoms with van der Waals surface area (Å²) in [6.07, 6.45) is 0.756. The molecular formula is C20H21NO6. The van der Waals surface area contributed by atoms with Gasteiger partial charge < -0.3 is 19.2 Å². The molecule has 0 saturated heterocycles. The van der Waals surface area contributed by atoms with Gasteiger partial charge in [0.1, 0.15) is 5.56 Å². The van der Waals surface area contributed by atoms with Gasteiger partial charge in [0.25, 0.3) is 5.56 Å². The number of aromatic nitrogens is 1. The Morgan fingerprint density at radius 1 is 1.11 bits per heavy atom. The summed E-state index contributed by atoms with van der Waals surface area (Å²) < 4.78 is 15.4. The van der Waals surface area contributed by atoms with Crippen LogP contribution in [0.3, 0.4) is 0 Å². The number of fused-ring (bicyclic) bond motifs is 1. The van der Waals surface area contributed by atoms with Crippen molar-refractivity contribution < 1.29 is 23.8 Å². The number of Topliss-reactive ketones (excluding diaryl/α,β-unsaturated/α-hetero) is 1. The average Bonchev–Trinajstić information content (AvgIpc) is 2.66. The fourth-order valence-corrected chi connectivity index (χ4v) is 3.33. The molecule has 0 spiro atoms. The van der Waals surface area contributed by atoms with Crippen LogP contribution in [0.25, 0.3) is 0 Å². The normalized spacial score (nSPS) is 15.8. The maximum atomic E-state index is 12.7. The number of esters is 1. The number of hydrogen-bond donors (Lipinski definition) is 1. The zero-order valence-corrected chi connectivity index (χ0v) is 15.5. The molecule has 2 aromatic rings. The average molecular weight is 371 g/mol. The lowest BCUT2D eigenvalue weighted by atomic mass is 9.81. The number of methoxy groups -OCH3 is 2. The number of pyridine rings is 1. The molecule has 1 heterocycles. The van der Waals surface area contributed by atoms with Crippen molar-refractivity contribution in [1.29, 1.82) is 0 Å². The van der Waals surface area contributed by atoms with E-state index in [0.717, 1.165) is 5.56 Å². The van der Waals surface area contributed by atoms with Gasteiger partial charge in [-0.05, 0) is 43.0 Å². The molecule has 1 N–H and O–H groups in total. The highest BCUT2D eigenvalue weighted by molar-refractivity contribution is 6.01. The molecule has 1 atom stereocenters. The van der Waals surface area contributed by atoms with Gasteiger partial charge in [-0.25, -0.2) is 4.79 Å². The Bertz CT molecular complexity index is 946. The number of carbonyl (C=O) groups excluding carboxylic acids is 2. The minimum absolute atomic E-state index is 0.103. The number of hydrogen-bond acceptors (Lipinski definition) is 6. The molecular weight excluding hydrogens is 350 g/mol. The van der Waals surface area contributed by atoms with Gasteiger partial charge in [0, 0.05) is 17.7 Å². The standard InChI is InChI=1S/C20H21NO6/c1-4-27-20(24)14-10-13-15(21-19(14)23)7-12(8-16(13)22)11-5-6-17(25-2)18(9-11)26-3/h5-6,9-10,12H,4,7-8H2,1-3H3,(H,21,23). The molecule has 1 aliphatic rings. The van der Waals surface area contributed by atoms with Crippen LogP contribution < -0.4 is 15.0 Å². The van der Waals surface area contributed by atoms with Crippen molar-refractivity contribution >= 4 is 11.8 Å². The van der Waals surface area contributed by atoms with Crippen molar-refractivity contribution in [1.82, 2.24) is 4.98 Å². The molecule has 1 unspecified atom stereocenters. The highest BCUT2D eigenvalue weighted by Crippen LogP contribution is 2.36. The van der Waals surface area contributed by atoms with Crippen LogP contribution in [0.4, 0.5) is 0 Å². The van der Waals surface area contributed by atoms with Gasteiger partial charge in [-0.2, -0.15) is 0 Å². The smallest absolute Gasteiger partial charge is 0.343 e. The molecule has 7 nitrogen and oxygen atoms in total. The van der Waals surface area contributed by atoms with Crippen LogP contribution in [0.5, 0.6) is 11.5 Å². The number of ether oxygens (including phenoxy) is 3. The van der Waals surface area contributed by atoms with Crippen LogP contribution in [0.1, 0.15) is 51.2 Å². The number of rotatable bonds is 5. The molecule has 1 aliphatic carbocycles. The third kappa shape index (κ3) is 3.58. The fourth-order valence-electron chi connectivity index (χ4n) is 3.33. The van der Waals surface area contributed by atoms with Crippen molar-refractivity contribution in [3.63, 3.8) is 0 Å². The second-order valence-corrected chi connectivity index (χ2v) is 6.27. The molecule has 0 aliphatic heterocycles. The topological polar surface area (TPSA) is 94.7 Å². The van der Waals surface area contributed by atoms with Crippen LogP contribution in [0, 0.1) is 0 Å². The Morgan fingerprint density at radius 2 is 1.85 bits per heavy atom. The Morgan fingerprint density at radius 3 is 2.52 bits per heavy atom. The van der Waals surface area contributed by atoms with Gasteiger partial charge in [-0.15, -0.1) is 0 Å². The van der Waals surface area contributed by atoms with E-state index in [1.165, 1.54) is 6.07 Å². The Labute approximate surface area is 156 Å². The SMILES string of the molecule is CCOC(=O)c1cc2c([nH]c1=O)CC(c1ccc(OC)c(OC)c1)CC2=O. The van der Waals surface area contributed by atoms with Gasteiger partial charge in [0.05, 0.1) is 20.8 Å². The molecule has 142 valence electrons. The molecule has 3 rings (SSSR count). The first-order valence-electron chi connectivity index (χ1n) is 8.66. The van der Waals surface area contributed by atoms with E-state index in [0.29, 0.717) is 29.2 Å². The molecule has 1 aromatic carbocycles. The molecule has 0 saturated carbocycles. The monoisotopic (exact) mass is 371 g/mol. The van der Waals surface area contributed by atoms with E-state index >= 15 is 0 Å². The van der Waals surface area contributed by atoms with E-state index in [1.54, 1.807) is 27.2 Å². The number of aromatic amines is 1. The van der Waals surface area contributed by atoms with Gasteiger partial charge in [0.15, 0.2) is 17.3 Å². The van der Waals surface area contributed by atoms with Gasteiger partial charge in [0.2, 0.25) is 0 Å². The maximum Gasteiger partial charge on any atom is 0.343 e. The van der Waals surface area contributed by atoms with E-state index in [1.807, 2.05) is 12.1 Å². The summed E-state index contributed by atoms with van der Waals surface area (Å²) >= 11 is 0. The minimum atomic E-state index is -0.726. The highest BCUT2D eigenvalue weighted by atomic mass is 16.5. The predicted molar refractivity (Wildman–Crippen MR) is 98.0 cm³/mol. The Hall–Kier alpha value is -3.09. The van der Waals surface area contributed by atoms with Crippen molar-refractivity contribution in [3.8, 4) is 11.5 Å². The summed E-state index contributed by atoms with van der Waals surface area (Å²) in [5.74, 6) is 0.235. The fraction of sp³-hybridized carbons (Fsp3) is 0.350. The van der Waals surface area contributed by atoms with E-state index < -0.39 is 11.5 Å². The third-order valence-electron chi connectivity index (χ3n) is 4.68. The molecule has 0 bridgehead atoms. The van der Waals surface area contributed by atoms with Crippen molar-refractivity contribution in [2.45, 2.75) is 25.7 Å². The van der Waals surface area contributed by atoms with Crippen molar-refractivity contribution in [3.05, 3.63) is 57.0 Å². The largest absolute Gasteiger partial charge is 0.493 e. The number of nitrogens with one attached hydrogen (secondary N) is 1. The second-order valence-electron chi connectivity index (χ2n) is 6.27. The lowest BCUT2D eigenvalue weighted by Gasteiger charge is -2.24. The first kappa shape index (κ1) is 18.7. The number of ketones is 1. The lowest BCUT2D eigenvalue weighted by molar-refractivity contribution is 0.0524. The van der Waals surface area contributed by atoms with E-state index in [2.05, 4.69) is 4.98 Å². The van der Waals surface area contributed by atoms with E-state index in [9.17, 15) is 14.4 Å². The molecule has 1 aromatic heterocycles. The first-order valence-corrected chi connectivity index (χ1v) is 8.66. The molecule has 0 amide bonds. The van der Waals surface area contributed by atoms with Crippen LogP contribution in [-0.2, 0) is 11.2 Å². The van der Waals surface area contributed by atoms with Crippen LogP contribution in [0.15, 0.2) is 29.1 Å². The summed E-state index contributed by atoms with van der Waals surface area (Å²) in [5, 5.41) is 0. The molecule has 7 heteroatoms. The predicted octanol–water partition coefficient (Wildman–Crippen LogP) is 2.48. The zero-order chi connectivity index (χ0) is 19.6. The summed E-state index contributed by atoms with van der Waals surface area (Å²) in [4.78, 5) is 39.5. The first-order chi connectivity index (χ1) is 13.0. The zero-order valence-electron chi connectivity index (χ0n) is 15.5. The lowest BCUT2D eigenvalue weighted by Crippen LogP contribution is -2.28. The summed E-state index contributed by atoms with van der Waals surface area (Å²) in [6.45, 7) is 1.81. The third-order valence-corrected chi connectivity index (χ3v) is 4.68. The number of benzene rings is 1. The molecule has 0 radical (unpaired) electrons. The summed E-state index contributed by atoms with van der Waals surface area (Å²) in [7, 11) is 3.11. The molecule has 0 fully saturated rings. The van der Waals surface area contributed by atoms with Crippen molar-refractivity contribution in [2.24, 2.45) is 0 Å². The van der Waals surface area contributed by atoms with Gasteiger partial charge in [-0.3, -0.25) is 9.59 Å². The van der Waals surface area contributed by atoms with Crippen LogP contribution in [0.2, 0.25) is 0 Å². The Kier molecular flexibility index (Phi) is 5.30. The quantitative estimate of drug-likeness (QED) is 0.812. The van der Waals surface area contributed by atoms with E-state index in [-0.39, 0.29) is 30.3 Å². The molecule has 27 heavy (non-hydrogen) atoms. The summed E-state index contributed by atoms with van der Waals surface area (Å²) in [6, 6.07) is 6.86. The summed E-state index contributed by atoms with van der Waals surface area (Å²) in [5.41, 5.74) is 1.13. The highest BCUT2D eigenvalue weighted by Gasteiger charge is 2.29.